The monoisotopic (exact) mass is 249 g/mol. The Kier molecular flexibility index (Phi) is 5.30. The van der Waals surface area contributed by atoms with Gasteiger partial charge in [-0.25, -0.2) is 0 Å². The summed E-state index contributed by atoms with van der Waals surface area (Å²) in [5.41, 5.74) is 0. The normalized spacial score (nSPS) is 26.8. The van der Waals surface area contributed by atoms with E-state index in [1.54, 1.807) is 6.26 Å². The summed E-state index contributed by atoms with van der Waals surface area (Å²) in [7, 11) is 0. The van der Waals surface area contributed by atoms with E-state index in [0.717, 1.165) is 30.6 Å². The second kappa shape index (κ2) is 6.98. The number of hydrogen-bond acceptors (Lipinski definition) is 2. The lowest BCUT2D eigenvalue weighted by Gasteiger charge is -2.26. The molecule has 1 N–H and O–H groups in total. The summed E-state index contributed by atoms with van der Waals surface area (Å²) >= 11 is 0. The summed E-state index contributed by atoms with van der Waals surface area (Å²) in [5.74, 6) is 1.94. The van der Waals surface area contributed by atoms with Crippen molar-refractivity contribution in [3.05, 3.63) is 24.2 Å². The van der Waals surface area contributed by atoms with Crippen molar-refractivity contribution in [2.24, 2.45) is 5.92 Å². The molecule has 2 nitrogen and oxygen atoms in total. The first-order valence-corrected chi connectivity index (χ1v) is 7.54. The molecule has 0 saturated heterocycles. The molecule has 1 fully saturated rings. The highest BCUT2D eigenvalue weighted by Crippen LogP contribution is 2.23. The molecule has 1 aliphatic carbocycles. The summed E-state index contributed by atoms with van der Waals surface area (Å²) in [6.45, 7) is 4.71. The van der Waals surface area contributed by atoms with Crippen LogP contribution in [0.4, 0.5) is 0 Å². The Morgan fingerprint density at radius 2 is 2.17 bits per heavy atom. The summed E-state index contributed by atoms with van der Waals surface area (Å²) in [6, 6.07) is 5.35. The van der Waals surface area contributed by atoms with E-state index in [0.29, 0.717) is 6.04 Å². The highest BCUT2D eigenvalue weighted by Gasteiger charge is 2.21. The Labute approximate surface area is 111 Å². The van der Waals surface area contributed by atoms with Crippen LogP contribution in [-0.4, -0.2) is 12.1 Å². The second-order valence-electron chi connectivity index (χ2n) is 5.91. The second-order valence-corrected chi connectivity index (χ2v) is 5.91. The minimum atomic E-state index is 0.584. The summed E-state index contributed by atoms with van der Waals surface area (Å²) < 4.78 is 5.39. The van der Waals surface area contributed by atoms with Crippen molar-refractivity contribution in [2.45, 2.75) is 70.9 Å². The molecule has 1 aliphatic rings. The van der Waals surface area contributed by atoms with Crippen molar-refractivity contribution in [3.63, 3.8) is 0 Å². The van der Waals surface area contributed by atoms with E-state index in [9.17, 15) is 0 Å². The van der Waals surface area contributed by atoms with Crippen LogP contribution in [0, 0.1) is 5.92 Å². The maximum Gasteiger partial charge on any atom is 0.103 e. The molecule has 0 bridgehead atoms. The lowest BCUT2D eigenvalue weighted by atomic mass is 9.95. The zero-order valence-corrected chi connectivity index (χ0v) is 11.8. The molecular weight excluding hydrogens is 222 g/mol. The van der Waals surface area contributed by atoms with E-state index in [4.69, 9.17) is 4.42 Å². The van der Waals surface area contributed by atoms with Gasteiger partial charge in [0.05, 0.1) is 6.26 Å². The molecule has 1 aromatic heterocycles. The van der Waals surface area contributed by atoms with Gasteiger partial charge in [-0.1, -0.05) is 26.2 Å². The number of hydrogen-bond donors (Lipinski definition) is 1. The van der Waals surface area contributed by atoms with Gasteiger partial charge in [-0.15, -0.1) is 0 Å². The summed E-state index contributed by atoms with van der Waals surface area (Å²) in [4.78, 5) is 0. The minimum Gasteiger partial charge on any atom is -0.469 e. The third kappa shape index (κ3) is 4.16. The SMILES string of the molecule is CC(CCc1ccco1)NC1CCCCCC1C. The summed E-state index contributed by atoms with van der Waals surface area (Å²) in [5, 5.41) is 3.83. The van der Waals surface area contributed by atoms with E-state index in [1.807, 2.05) is 6.07 Å². The van der Waals surface area contributed by atoms with Crippen molar-refractivity contribution in [1.29, 1.82) is 0 Å². The van der Waals surface area contributed by atoms with Gasteiger partial charge in [-0.05, 0) is 44.2 Å². The van der Waals surface area contributed by atoms with Crippen LogP contribution in [0.5, 0.6) is 0 Å². The zero-order chi connectivity index (χ0) is 12.8. The molecule has 3 atom stereocenters. The molecule has 0 radical (unpaired) electrons. The quantitative estimate of drug-likeness (QED) is 0.793. The maximum absolute atomic E-state index is 5.39. The third-order valence-electron chi connectivity index (χ3n) is 4.26. The van der Waals surface area contributed by atoms with Gasteiger partial charge in [0.1, 0.15) is 5.76 Å². The van der Waals surface area contributed by atoms with Gasteiger partial charge in [0, 0.05) is 18.5 Å². The lowest BCUT2D eigenvalue weighted by Crippen LogP contribution is -2.40. The van der Waals surface area contributed by atoms with Crippen LogP contribution >= 0.6 is 0 Å². The Balaban J connectivity index is 1.73. The van der Waals surface area contributed by atoms with Gasteiger partial charge in [0.25, 0.3) is 0 Å². The highest BCUT2D eigenvalue weighted by atomic mass is 16.3. The molecule has 0 spiro atoms. The molecule has 3 unspecified atom stereocenters. The molecular formula is C16H27NO. The van der Waals surface area contributed by atoms with Crippen LogP contribution < -0.4 is 5.32 Å². The van der Waals surface area contributed by atoms with Gasteiger partial charge < -0.3 is 9.73 Å². The van der Waals surface area contributed by atoms with Crippen LogP contribution in [0.15, 0.2) is 22.8 Å². The number of aryl methyl sites for hydroxylation is 1. The van der Waals surface area contributed by atoms with Crippen molar-refractivity contribution < 1.29 is 4.42 Å². The van der Waals surface area contributed by atoms with Crippen LogP contribution in [0.25, 0.3) is 0 Å². The molecule has 18 heavy (non-hydrogen) atoms. The van der Waals surface area contributed by atoms with Gasteiger partial charge in [-0.2, -0.15) is 0 Å². The number of furan rings is 1. The predicted molar refractivity (Wildman–Crippen MR) is 75.7 cm³/mol. The molecule has 2 rings (SSSR count). The van der Waals surface area contributed by atoms with E-state index in [2.05, 4.69) is 25.2 Å². The average Bonchev–Trinajstić information content (AvgIpc) is 2.80. The Morgan fingerprint density at radius 1 is 1.33 bits per heavy atom. The van der Waals surface area contributed by atoms with E-state index < -0.39 is 0 Å². The number of rotatable bonds is 5. The summed E-state index contributed by atoms with van der Waals surface area (Å²) in [6.07, 6.45) is 10.9. The van der Waals surface area contributed by atoms with Crippen LogP contribution in [-0.2, 0) is 6.42 Å². The van der Waals surface area contributed by atoms with E-state index >= 15 is 0 Å². The topological polar surface area (TPSA) is 25.2 Å². The van der Waals surface area contributed by atoms with E-state index in [-0.39, 0.29) is 0 Å². The first-order valence-electron chi connectivity index (χ1n) is 7.54. The Hall–Kier alpha value is -0.760. The van der Waals surface area contributed by atoms with Crippen molar-refractivity contribution in [2.75, 3.05) is 0 Å². The first kappa shape index (κ1) is 13.7. The smallest absolute Gasteiger partial charge is 0.103 e. The largest absolute Gasteiger partial charge is 0.469 e. The zero-order valence-electron chi connectivity index (χ0n) is 11.8. The third-order valence-corrected chi connectivity index (χ3v) is 4.26. The molecule has 2 heteroatoms. The molecule has 1 heterocycles. The van der Waals surface area contributed by atoms with Crippen molar-refractivity contribution in [1.82, 2.24) is 5.32 Å². The van der Waals surface area contributed by atoms with Gasteiger partial charge in [-0.3, -0.25) is 0 Å². The van der Waals surface area contributed by atoms with Crippen LogP contribution in [0.2, 0.25) is 0 Å². The highest BCUT2D eigenvalue weighted by molar-refractivity contribution is 4.98. The molecule has 0 aliphatic heterocycles. The molecule has 0 aromatic carbocycles. The van der Waals surface area contributed by atoms with Crippen molar-refractivity contribution >= 4 is 0 Å². The van der Waals surface area contributed by atoms with Gasteiger partial charge in [0.2, 0.25) is 0 Å². The van der Waals surface area contributed by atoms with Gasteiger partial charge in [0.15, 0.2) is 0 Å². The fourth-order valence-corrected chi connectivity index (χ4v) is 3.00. The molecule has 1 aromatic rings. The fraction of sp³-hybridized carbons (Fsp3) is 0.750. The number of nitrogens with one attached hydrogen (secondary N) is 1. The standard InChI is InChI=1S/C16H27NO/c1-13-7-4-3-5-9-16(13)17-14(2)10-11-15-8-6-12-18-15/h6,8,12-14,16-17H,3-5,7,9-11H2,1-2H3. The predicted octanol–water partition coefficient (Wildman–Crippen LogP) is 4.16. The fourth-order valence-electron chi connectivity index (χ4n) is 3.00. The van der Waals surface area contributed by atoms with E-state index in [1.165, 1.54) is 32.1 Å². The van der Waals surface area contributed by atoms with Crippen LogP contribution in [0.3, 0.4) is 0 Å². The first-order chi connectivity index (χ1) is 8.75. The van der Waals surface area contributed by atoms with Gasteiger partial charge >= 0.3 is 0 Å². The average molecular weight is 249 g/mol. The van der Waals surface area contributed by atoms with Crippen molar-refractivity contribution in [3.8, 4) is 0 Å². The Morgan fingerprint density at radius 3 is 2.94 bits per heavy atom. The lowest BCUT2D eigenvalue weighted by molar-refractivity contribution is 0.317. The Bertz CT molecular complexity index is 320. The molecule has 102 valence electrons. The molecule has 0 amide bonds. The van der Waals surface area contributed by atoms with Crippen LogP contribution in [0.1, 0.15) is 58.1 Å². The minimum absolute atomic E-state index is 0.584. The molecule has 1 saturated carbocycles. The maximum atomic E-state index is 5.39.